The lowest BCUT2D eigenvalue weighted by Crippen LogP contribution is -2.27. The highest BCUT2D eigenvalue weighted by molar-refractivity contribution is 5.29. The van der Waals surface area contributed by atoms with E-state index in [1.165, 1.54) is 0 Å². The Bertz CT molecular complexity index is 632. The van der Waals surface area contributed by atoms with Gasteiger partial charge in [-0.05, 0) is 37.1 Å². The summed E-state index contributed by atoms with van der Waals surface area (Å²) in [5, 5.41) is 0. The molecule has 1 atom stereocenters. The minimum absolute atomic E-state index is 0.0100. The van der Waals surface area contributed by atoms with Crippen molar-refractivity contribution >= 4 is 0 Å². The fourth-order valence-electron chi connectivity index (χ4n) is 2.15. The van der Waals surface area contributed by atoms with E-state index in [-0.39, 0.29) is 11.6 Å². The molecule has 1 unspecified atom stereocenters. The minimum atomic E-state index is -0.218. The molecule has 1 aromatic carbocycles. The van der Waals surface area contributed by atoms with Gasteiger partial charge in [-0.25, -0.2) is 0 Å². The van der Waals surface area contributed by atoms with Crippen LogP contribution in [0.4, 0.5) is 0 Å². The zero-order valence-electron chi connectivity index (χ0n) is 12.6. The molecule has 0 spiro atoms. The van der Waals surface area contributed by atoms with Gasteiger partial charge in [-0.3, -0.25) is 4.79 Å². The van der Waals surface area contributed by atoms with Gasteiger partial charge in [-0.2, -0.15) is 0 Å². The molecule has 0 bridgehead atoms. The molecule has 0 aliphatic rings. The van der Waals surface area contributed by atoms with Gasteiger partial charge in [-0.1, -0.05) is 25.1 Å². The zero-order valence-corrected chi connectivity index (χ0v) is 12.6. The molecule has 0 aliphatic carbocycles. The van der Waals surface area contributed by atoms with Crippen molar-refractivity contribution in [2.24, 2.45) is 5.73 Å². The van der Waals surface area contributed by atoms with E-state index < -0.39 is 0 Å². The van der Waals surface area contributed by atoms with Crippen molar-refractivity contribution in [3.8, 4) is 5.75 Å². The quantitative estimate of drug-likeness (QED) is 0.888. The maximum Gasteiger partial charge on any atom is 0.253 e. The van der Waals surface area contributed by atoms with E-state index in [4.69, 9.17) is 10.5 Å². The van der Waals surface area contributed by atoms with Crippen LogP contribution in [0.25, 0.3) is 0 Å². The number of benzene rings is 1. The van der Waals surface area contributed by atoms with Crippen molar-refractivity contribution in [1.29, 1.82) is 0 Å². The first kappa shape index (κ1) is 15.3. The van der Waals surface area contributed by atoms with E-state index in [1.54, 1.807) is 10.8 Å². The summed E-state index contributed by atoms with van der Waals surface area (Å²) >= 11 is 0. The largest absolute Gasteiger partial charge is 0.494 e. The molecule has 1 aromatic heterocycles. The van der Waals surface area contributed by atoms with Gasteiger partial charge >= 0.3 is 0 Å². The van der Waals surface area contributed by atoms with Crippen LogP contribution in [-0.4, -0.2) is 11.2 Å². The van der Waals surface area contributed by atoms with Crippen LogP contribution in [-0.2, 0) is 6.54 Å². The SMILES string of the molecule is CCCOc1ccc(C(N)Cn2cccc(C)c2=O)cc1. The maximum absolute atomic E-state index is 12.0. The molecule has 0 saturated carbocycles. The van der Waals surface area contributed by atoms with Crippen LogP contribution in [0.5, 0.6) is 5.75 Å². The van der Waals surface area contributed by atoms with Crippen molar-refractivity contribution in [3.05, 3.63) is 64.1 Å². The first-order valence-electron chi connectivity index (χ1n) is 7.26. The summed E-state index contributed by atoms with van der Waals surface area (Å²) in [7, 11) is 0. The van der Waals surface area contributed by atoms with Crippen LogP contribution in [0.2, 0.25) is 0 Å². The van der Waals surface area contributed by atoms with Crippen LogP contribution in [0.3, 0.4) is 0 Å². The second-order valence-corrected chi connectivity index (χ2v) is 5.17. The number of hydrogen-bond donors (Lipinski definition) is 1. The second kappa shape index (κ2) is 7.09. The molecule has 4 nitrogen and oxygen atoms in total. The Morgan fingerprint density at radius 2 is 1.95 bits per heavy atom. The normalized spacial score (nSPS) is 12.1. The molecule has 0 amide bonds. The number of aromatic nitrogens is 1. The predicted molar refractivity (Wildman–Crippen MR) is 84.6 cm³/mol. The highest BCUT2D eigenvalue weighted by atomic mass is 16.5. The van der Waals surface area contributed by atoms with E-state index in [0.717, 1.165) is 23.3 Å². The van der Waals surface area contributed by atoms with Crippen molar-refractivity contribution in [2.45, 2.75) is 32.9 Å². The molecule has 1 heterocycles. The van der Waals surface area contributed by atoms with E-state index in [0.29, 0.717) is 13.2 Å². The summed E-state index contributed by atoms with van der Waals surface area (Å²) in [5.74, 6) is 0.848. The first-order chi connectivity index (χ1) is 10.1. The third kappa shape index (κ3) is 3.95. The van der Waals surface area contributed by atoms with Gasteiger partial charge in [0.15, 0.2) is 0 Å². The highest BCUT2D eigenvalue weighted by Gasteiger charge is 2.08. The van der Waals surface area contributed by atoms with E-state index >= 15 is 0 Å². The molecule has 4 heteroatoms. The fraction of sp³-hybridized carbons (Fsp3) is 0.353. The van der Waals surface area contributed by atoms with Crippen molar-refractivity contribution in [1.82, 2.24) is 4.57 Å². The molecule has 21 heavy (non-hydrogen) atoms. The highest BCUT2D eigenvalue weighted by Crippen LogP contribution is 2.17. The number of pyridine rings is 1. The lowest BCUT2D eigenvalue weighted by atomic mass is 10.1. The first-order valence-corrected chi connectivity index (χ1v) is 7.26. The van der Waals surface area contributed by atoms with Gasteiger partial charge in [0.1, 0.15) is 5.75 Å². The summed E-state index contributed by atoms with van der Waals surface area (Å²) in [6, 6.07) is 11.2. The summed E-state index contributed by atoms with van der Waals surface area (Å²) in [4.78, 5) is 12.0. The molecule has 2 rings (SSSR count). The number of nitrogens with zero attached hydrogens (tertiary/aromatic N) is 1. The van der Waals surface area contributed by atoms with Crippen molar-refractivity contribution < 1.29 is 4.74 Å². The van der Waals surface area contributed by atoms with E-state index in [2.05, 4.69) is 6.92 Å². The summed E-state index contributed by atoms with van der Waals surface area (Å²) in [6.07, 6.45) is 2.76. The average Bonchev–Trinajstić information content (AvgIpc) is 2.50. The van der Waals surface area contributed by atoms with Crippen LogP contribution in [0.1, 0.15) is 30.5 Å². The monoisotopic (exact) mass is 286 g/mol. The maximum atomic E-state index is 12.0. The van der Waals surface area contributed by atoms with Gasteiger partial charge < -0.3 is 15.0 Å². The minimum Gasteiger partial charge on any atom is -0.494 e. The average molecular weight is 286 g/mol. The van der Waals surface area contributed by atoms with Crippen molar-refractivity contribution in [3.63, 3.8) is 0 Å². The smallest absolute Gasteiger partial charge is 0.253 e. The fourth-order valence-corrected chi connectivity index (χ4v) is 2.15. The second-order valence-electron chi connectivity index (χ2n) is 5.17. The predicted octanol–water partition coefficient (Wildman–Crippen LogP) is 2.65. The van der Waals surface area contributed by atoms with Gasteiger partial charge in [0, 0.05) is 24.3 Å². The van der Waals surface area contributed by atoms with Gasteiger partial charge in [0.05, 0.1) is 6.61 Å². The molecule has 112 valence electrons. The lowest BCUT2D eigenvalue weighted by molar-refractivity contribution is 0.317. The van der Waals surface area contributed by atoms with E-state index in [9.17, 15) is 4.79 Å². The molecule has 0 aliphatic heterocycles. The number of nitrogens with two attached hydrogens (primary N) is 1. The molecular weight excluding hydrogens is 264 g/mol. The van der Waals surface area contributed by atoms with Crippen LogP contribution in [0, 0.1) is 6.92 Å². The molecular formula is C17H22N2O2. The molecule has 0 saturated heterocycles. The Balaban J connectivity index is 2.08. The number of ether oxygens (including phenoxy) is 1. The summed E-state index contributed by atoms with van der Waals surface area (Å²) < 4.78 is 7.20. The Morgan fingerprint density at radius 3 is 2.62 bits per heavy atom. The third-order valence-electron chi connectivity index (χ3n) is 3.38. The number of hydrogen-bond acceptors (Lipinski definition) is 3. The third-order valence-corrected chi connectivity index (χ3v) is 3.38. The Kier molecular flexibility index (Phi) is 5.17. The Hall–Kier alpha value is -2.07. The van der Waals surface area contributed by atoms with Gasteiger partial charge in [0.25, 0.3) is 5.56 Å². The number of rotatable bonds is 6. The van der Waals surface area contributed by atoms with Crippen LogP contribution in [0.15, 0.2) is 47.4 Å². The van der Waals surface area contributed by atoms with Crippen LogP contribution < -0.4 is 16.0 Å². The topological polar surface area (TPSA) is 57.2 Å². The Morgan fingerprint density at radius 1 is 1.24 bits per heavy atom. The molecule has 2 N–H and O–H groups in total. The molecule has 0 radical (unpaired) electrons. The summed E-state index contributed by atoms with van der Waals surface area (Å²) in [6.45, 7) is 5.06. The molecule has 2 aromatic rings. The number of aryl methyl sites for hydroxylation is 1. The standard InChI is InChI=1S/C17H22N2O2/c1-3-11-21-15-8-6-14(7-9-15)16(18)12-19-10-4-5-13(2)17(19)20/h4-10,16H,3,11-12,18H2,1-2H3. The zero-order chi connectivity index (χ0) is 15.2. The van der Waals surface area contributed by atoms with Crippen LogP contribution >= 0.6 is 0 Å². The van der Waals surface area contributed by atoms with Crippen molar-refractivity contribution in [2.75, 3.05) is 6.61 Å². The Labute approximate surface area is 125 Å². The van der Waals surface area contributed by atoms with Gasteiger partial charge in [0.2, 0.25) is 0 Å². The van der Waals surface area contributed by atoms with E-state index in [1.807, 2.05) is 43.3 Å². The van der Waals surface area contributed by atoms with Gasteiger partial charge in [-0.15, -0.1) is 0 Å². The lowest BCUT2D eigenvalue weighted by Gasteiger charge is -2.15. The molecule has 0 fully saturated rings. The summed E-state index contributed by atoms with van der Waals surface area (Å²) in [5.41, 5.74) is 7.93.